The van der Waals surface area contributed by atoms with Gasteiger partial charge in [0.1, 0.15) is 0 Å². The molecule has 0 bridgehead atoms. The van der Waals surface area contributed by atoms with Crippen molar-refractivity contribution in [2.45, 2.75) is 19.9 Å². The third-order valence-electron chi connectivity index (χ3n) is 2.68. The Morgan fingerprint density at radius 2 is 1.92 bits per heavy atom. The van der Waals surface area contributed by atoms with Crippen LogP contribution in [0.25, 0.3) is 0 Å². The molecule has 0 saturated carbocycles. The summed E-state index contributed by atoms with van der Waals surface area (Å²) in [6, 6.07) is 11.2. The Labute approximate surface area is 73.8 Å². The third-order valence-corrected chi connectivity index (χ3v) is 2.68. The maximum Gasteiger partial charge on any atom is 0.0384 e. The molecule has 1 aliphatic heterocycles. The van der Waals surface area contributed by atoms with Gasteiger partial charge >= 0.3 is 0 Å². The molecule has 1 heterocycles. The van der Waals surface area contributed by atoms with E-state index in [2.05, 4.69) is 49.5 Å². The Balaban J connectivity index is 2.22. The minimum Gasteiger partial charge on any atom is -0.309 e. The van der Waals surface area contributed by atoms with Crippen molar-refractivity contribution in [1.82, 2.24) is 5.32 Å². The summed E-state index contributed by atoms with van der Waals surface area (Å²) in [5.74, 6) is 0. The first-order chi connectivity index (χ1) is 5.70. The molecule has 1 heteroatoms. The Morgan fingerprint density at radius 1 is 1.25 bits per heavy atom. The normalized spacial score (nSPS) is 26.3. The molecule has 1 aliphatic rings. The largest absolute Gasteiger partial charge is 0.309 e. The summed E-state index contributed by atoms with van der Waals surface area (Å²) in [6.07, 6.45) is 0. The lowest BCUT2D eigenvalue weighted by Gasteiger charge is -2.46. The highest BCUT2D eigenvalue weighted by atomic mass is 15.0. The van der Waals surface area contributed by atoms with Crippen molar-refractivity contribution >= 4 is 0 Å². The van der Waals surface area contributed by atoms with Gasteiger partial charge in [-0.05, 0) is 11.0 Å². The lowest BCUT2D eigenvalue weighted by molar-refractivity contribution is 0.128. The molecule has 0 aliphatic carbocycles. The molecule has 1 fully saturated rings. The first-order valence-electron chi connectivity index (χ1n) is 4.48. The van der Waals surface area contributed by atoms with Crippen molar-refractivity contribution in [2.24, 2.45) is 5.41 Å². The van der Waals surface area contributed by atoms with Crippen molar-refractivity contribution < 1.29 is 0 Å². The van der Waals surface area contributed by atoms with Crippen LogP contribution in [0.3, 0.4) is 0 Å². The van der Waals surface area contributed by atoms with E-state index < -0.39 is 0 Å². The van der Waals surface area contributed by atoms with Gasteiger partial charge in [0.2, 0.25) is 0 Å². The molecule has 1 saturated heterocycles. The quantitative estimate of drug-likeness (QED) is 0.666. The summed E-state index contributed by atoms with van der Waals surface area (Å²) >= 11 is 0. The predicted octanol–water partition coefficient (Wildman–Crippen LogP) is 2.36. The van der Waals surface area contributed by atoms with Gasteiger partial charge in [0.15, 0.2) is 0 Å². The van der Waals surface area contributed by atoms with Crippen LogP contribution in [0.5, 0.6) is 0 Å². The van der Waals surface area contributed by atoms with E-state index in [-0.39, 0.29) is 0 Å². The average molecular weight is 161 g/mol. The third kappa shape index (κ3) is 1.14. The summed E-state index contributed by atoms with van der Waals surface area (Å²) < 4.78 is 0. The molecule has 1 aromatic carbocycles. The highest BCUT2D eigenvalue weighted by molar-refractivity contribution is 5.23. The van der Waals surface area contributed by atoms with E-state index in [4.69, 9.17) is 0 Å². The molecule has 1 atom stereocenters. The average Bonchev–Trinajstić information content (AvgIpc) is 2.05. The van der Waals surface area contributed by atoms with E-state index in [0.29, 0.717) is 11.5 Å². The molecule has 0 amide bonds. The van der Waals surface area contributed by atoms with Gasteiger partial charge in [0, 0.05) is 12.6 Å². The van der Waals surface area contributed by atoms with Gasteiger partial charge in [-0.15, -0.1) is 0 Å². The first kappa shape index (κ1) is 7.81. The maximum absolute atomic E-state index is 3.45. The zero-order valence-corrected chi connectivity index (χ0v) is 7.67. The molecule has 0 aromatic heterocycles. The van der Waals surface area contributed by atoms with Gasteiger partial charge in [-0.2, -0.15) is 0 Å². The van der Waals surface area contributed by atoms with E-state index in [1.54, 1.807) is 0 Å². The highest BCUT2D eigenvalue weighted by Crippen LogP contribution is 2.39. The minimum atomic E-state index is 0.432. The van der Waals surface area contributed by atoms with Crippen LogP contribution >= 0.6 is 0 Å². The predicted molar refractivity (Wildman–Crippen MR) is 51.0 cm³/mol. The van der Waals surface area contributed by atoms with E-state index in [1.165, 1.54) is 5.56 Å². The zero-order chi connectivity index (χ0) is 8.60. The van der Waals surface area contributed by atoms with Crippen molar-refractivity contribution in [3.63, 3.8) is 0 Å². The summed E-state index contributed by atoms with van der Waals surface area (Å²) in [5.41, 5.74) is 1.84. The van der Waals surface area contributed by atoms with Crippen molar-refractivity contribution in [3.05, 3.63) is 35.9 Å². The topological polar surface area (TPSA) is 12.0 Å². The van der Waals surface area contributed by atoms with Crippen LogP contribution in [0.2, 0.25) is 0 Å². The summed E-state index contributed by atoms with van der Waals surface area (Å²) in [6.45, 7) is 5.74. The van der Waals surface area contributed by atoms with Gasteiger partial charge < -0.3 is 5.32 Å². The lowest BCUT2D eigenvalue weighted by atomic mass is 9.74. The van der Waals surface area contributed by atoms with Gasteiger partial charge in [0.05, 0.1) is 0 Å². The van der Waals surface area contributed by atoms with Crippen LogP contribution in [-0.2, 0) is 0 Å². The summed E-state index contributed by atoms with van der Waals surface area (Å²) in [5, 5.41) is 3.45. The van der Waals surface area contributed by atoms with Crippen LogP contribution in [0.1, 0.15) is 25.5 Å². The van der Waals surface area contributed by atoms with Crippen LogP contribution in [0, 0.1) is 5.41 Å². The second-order valence-electron chi connectivity index (χ2n) is 4.21. The van der Waals surface area contributed by atoms with E-state index >= 15 is 0 Å². The van der Waals surface area contributed by atoms with Crippen molar-refractivity contribution in [2.75, 3.05) is 6.54 Å². The number of rotatable bonds is 1. The molecule has 1 unspecified atom stereocenters. The zero-order valence-electron chi connectivity index (χ0n) is 7.67. The standard InChI is InChI=1S/C11H15N/c1-11(2)8-12-10(11)9-6-4-3-5-7-9/h3-7,10,12H,8H2,1-2H3. The van der Waals surface area contributed by atoms with Crippen molar-refractivity contribution in [3.8, 4) is 0 Å². The van der Waals surface area contributed by atoms with Gasteiger partial charge in [-0.1, -0.05) is 44.2 Å². The van der Waals surface area contributed by atoms with Crippen LogP contribution in [0.15, 0.2) is 30.3 Å². The molecule has 0 spiro atoms. The molecular formula is C11H15N. The maximum atomic E-state index is 3.45. The smallest absolute Gasteiger partial charge is 0.0384 e. The highest BCUT2D eigenvalue weighted by Gasteiger charge is 2.38. The molecule has 2 rings (SSSR count). The van der Waals surface area contributed by atoms with Crippen LogP contribution in [0.4, 0.5) is 0 Å². The first-order valence-corrected chi connectivity index (χ1v) is 4.48. The van der Waals surface area contributed by atoms with E-state index in [9.17, 15) is 0 Å². The minimum absolute atomic E-state index is 0.432. The second-order valence-corrected chi connectivity index (χ2v) is 4.21. The van der Waals surface area contributed by atoms with Gasteiger partial charge in [-0.25, -0.2) is 0 Å². The number of nitrogens with one attached hydrogen (secondary N) is 1. The monoisotopic (exact) mass is 161 g/mol. The number of hydrogen-bond acceptors (Lipinski definition) is 1. The number of benzene rings is 1. The summed E-state index contributed by atoms with van der Waals surface area (Å²) in [4.78, 5) is 0. The second kappa shape index (κ2) is 2.60. The van der Waals surface area contributed by atoms with Crippen LogP contribution in [-0.4, -0.2) is 6.54 Å². The molecule has 0 radical (unpaired) electrons. The Kier molecular flexibility index (Phi) is 1.69. The Morgan fingerprint density at radius 3 is 2.33 bits per heavy atom. The lowest BCUT2D eigenvalue weighted by Crippen LogP contribution is -2.52. The molecule has 1 nitrogen and oxygen atoms in total. The SMILES string of the molecule is CC1(C)CNC1c1ccccc1. The number of hydrogen-bond donors (Lipinski definition) is 1. The fourth-order valence-corrected chi connectivity index (χ4v) is 1.83. The Bertz CT molecular complexity index is 264. The van der Waals surface area contributed by atoms with Crippen molar-refractivity contribution in [1.29, 1.82) is 0 Å². The molecular weight excluding hydrogens is 146 g/mol. The van der Waals surface area contributed by atoms with E-state index in [0.717, 1.165) is 6.54 Å². The fraction of sp³-hybridized carbons (Fsp3) is 0.455. The molecule has 1 aromatic rings. The molecule has 64 valence electrons. The van der Waals surface area contributed by atoms with Gasteiger partial charge in [0.25, 0.3) is 0 Å². The van der Waals surface area contributed by atoms with E-state index in [1.807, 2.05) is 0 Å². The fourth-order valence-electron chi connectivity index (χ4n) is 1.83. The summed E-state index contributed by atoms with van der Waals surface area (Å²) in [7, 11) is 0. The Hall–Kier alpha value is -0.820. The van der Waals surface area contributed by atoms with Crippen LogP contribution < -0.4 is 5.32 Å². The van der Waals surface area contributed by atoms with Gasteiger partial charge in [-0.3, -0.25) is 0 Å². The molecule has 12 heavy (non-hydrogen) atoms. The molecule has 1 N–H and O–H groups in total.